The van der Waals surface area contributed by atoms with Crippen molar-refractivity contribution < 1.29 is 18.7 Å². The Morgan fingerprint density at radius 3 is 2.86 bits per heavy atom. The molecule has 29 heavy (non-hydrogen) atoms. The Hall–Kier alpha value is -2.99. The minimum atomic E-state index is -0.445. The number of rotatable bonds is 4. The molecule has 0 N–H and O–H groups in total. The fraction of sp³-hybridized carbons (Fsp3) is 0.273. The number of hydrogen-bond acceptors (Lipinski definition) is 5. The number of methoxy groups -OCH3 is 1. The van der Waals surface area contributed by atoms with Crippen LogP contribution in [0.1, 0.15) is 17.5 Å². The molecule has 4 rings (SSSR count). The van der Waals surface area contributed by atoms with Gasteiger partial charge in [0.05, 0.1) is 12.1 Å². The Balaban J connectivity index is 1.55. The van der Waals surface area contributed by atoms with Gasteiger partial charge in [-0.25, -0.2) is 4.79 Å². The molecule has 7 heteroatoms. The van der Waals surface area contributed by atoms with Crippen LogP contribution in [0, 0.1) is 6.92 Å². The summed E-state index contributed by atoms with van der Waals surface area (Å²) in [4.78, 5) is 26.2. The Morgan fingerprint density at radius 2 is 2.07 bits per heavy atom. The summed E-state index contributed by atoms with van der Waals surface area (Å²) in [5.74, 6) is 0.903. The van der Waals surface area contributed by atoms with Gasteiger partial charge in [0.1, 0.15) is 17.1 Å². The van der Waals surface area contributed by atoms with E-state index in [1.807, 2.05) is 25.1 Å². The van der Waals surface area contributed by atoms with Crippen molar-refractivity contribution in [1.82, 2.24) is 0 Å². The lowest BCUT2D eigenvalue weighted by Gasteiger charge is -2.29. The Labute approximate surface area is 172 Å². The van der Waals surface area contributed by atoms with E-state index in [2.05, 4.69) is 0 Å². The second-order valence-corrected chi connectivity index (χ2v) is 7.37. The van der Waals surface area contributed by atoms with Gasteiger partial charge in [0.15, 0.2) is 6.61 Å². The lowest BCUT2D eigenvalue weighted by Crippen LogP contribution is -2.38. The van der Waals surface area contributed by atoms with E-state index in [4.69, 9.17) is 25.5 Å². The summed E-state index contributed by atoms with van der Waals surface area (Å²) in [5.41, 5.74) is 2.64. The molecule has 0 atom stereocenters. The first kappa shape index (κ1) is 19.3. The maximum Gasteiger partial charge on any atom is 0.336 e. The zero-order chi connectivity index (χ0) is 20.5. The molecule has 0 saturated carbocycles. The molecule has 0 radical (unpaired) electrons. The van der Waals surface area contributed by atoms with E-state index in [1.54, 1.807) is 24.1 Å². The quantitative estimate of drug-likeness (QED) is 0.602. The molecule has 1 aromatic heterocycles. The van der Waals surface area contributed by atoms with Crippen LogP contribution in [0.3, 0.4) is 0 Å². The first-order valence-corrected chi connectivity index (χ1v) is 9.68. The molecular formula is C22H20ClNO5. The molecule has 0 fully saturated rings. The van der Waals surface area contributed by atoms with E-state index in [0.717, 1.165) is 40.8 Å². The van der Waals surface area contributed by atoms with Crippen LogP contribution in [0.15, 0.2) is 45.6 Å². The van der Waals surface area contributed by atoms with Gasteiger partial charge in [0.2, 0.25) is 0 Å². The van der Waals surface area contributed by atoms with Gasteiger partial charge < -0.3 is 18.8 Å². The molecule has 0 bridgehead atoms. The van der Waals surface area contributed by atoms with Crippen LogP contribution in [0.25, 0.3) is 11.0 Å². The fourth-order valence-corrected chi connectivity index (χ4v) is 3.83. The fourth-order valence-electron chi connectivity index (χ4n) is 3.61. The summed E-state index contributed by atoms with van der Waals surface area (Å²) in [6.07, 6.45) is 1.76. The van der Waals surface area contributed by atoms with Gasteiger partial charge in [-0.05, 0) is 55.2 Å². The number of carbonyl (C=O) groups excluding carboxylic acids is 1. The molecule has 1 amide bonds. The number of carbonyl (C=O) groups is 1. The van der Waals surface area contributed by atoms with E-state index in [-0.39, 0.29) is 12.5 Å². The van der Waals surface area contributed by atoms with E-state index >= 15 is 0 Å². The molecule has 0 saturated heterocycles. The Kier molecular flexibility index (Phi) is 5.20. The summed E-state index contributed by atoms with van der Waals surface area (Å²) < 4.78 is 16.2. The van der Waals surface area contributed by atoms with Crippen molar-refractivity contribution >= 4 is 34.2 Å². The number of aryl methyl sites for hydroxylation is 2. The van der Waals surface area contributed by atoms with Crippen LogP contribution in [-0.2, 0) is 11.2 Å². The van der Waals surface area contributed by atoms with Crippen molar-refractivity contribution in [1.29, 1.82) is 0 Å². The SMILES string of the molecule is COc1ccc2c(c1)CCCN2C(=O)COc1cc2oc(=O)cc(C)c2cc1Cl. The van der Waals surface area contributed by atoms with Gasteiger partial charge in [-0.2, -0.15) is 0 Å². The van der Waals surface area contributed by atoms with Crippen molar-refractivity contribution in [3.8, 4) is 11.5 Å². The second kappa shape index (κ2) is 7.79. The van der Waals surface area contributed by atoms with Gasteiger partial charge in [-0.1, -0.05) is 11.6 Å². The number of amides is 1. The van der Waals surface area contributed by atoms with Gasteiger partial charge in [0.25, 0.3) is 5.91 Å². The Bertz CT molecular complexity index is 1150. The highest BCUT2D eigenvalue weighted by Crippen LogP contribution is 2.33. The molecule has 1 aliphatic rings. The minimum Gasteiger partial charge on any atom is -0.497 e. The zero-order valence-electron chi connectivity index (χ0n) is 16.2. The van der Waals surface area contributed by atoms with E-state index in [1.165, 1.54) is 6.07 Å². The second-order valence-electron chi connectivity index (χ2n) is 6.96. The summed E-state index contributed by atoms with van der Waals surface area (Å²) in [6, 6.07) is 10.3. The summed E-state index contributed by atoms with van der Waals surface area (Å²) in [5, 5.41) is 1.08. The normalized spacial score (nSPS) is 13.3. The van der Waals surface area contributed by atoms with Crippen LogP contribution in [0.2, 0.25) is 5.02 Å². The Morgan fingerprint density at radius 1 is 1.24 bits per heavy atom. The molecule has 6 nitrogen and oxygen atoms in total. The lowest BCUT2D eigenvalue weighted by atomic mass is 10.0. The van der Waals surface area contributed by atoms with Gasteiger partial charge in [-0.3, -0.25) is 4.79 Å². The van der Waals surface area contributed by atoms with Crippen molar-refractivity contribution in [2.45, 2.75) is 19.8 Å². The number of nitrogens with zero attached hydrogens (tertiary/aromatic N) is 1. The summed E-state index contributed by atoms with van der Waals surface area (Å²) in [7, 11) is 1.62. The molecule has 0 aliphatic carbocycles. The molecule has 0 spiro atoms. The predicted octanol–water partition coefficient (Wildman–Crippen LogP) is 4.12. The standard InChI is InChI=1S/C22H20ClNO5/c1-13-8-22(26)29-19-11-20(17(23)10-16(13)19)28-12-21(25)24-7-3-4-14-9-15(27-2)5-6-18(14)24/h5-6,8-11H,3-4,7,12H2,1-2H3. The highest BCUT2D eigenvalue weighted by molar-refractivity contribution is 6.32. The third kappa shape index (κ3) is 3.80. The molecule has 0 unspecified atom stereocenters. The van der Waals surface area contributed by atoms with Crippen LogP contribution >= 0.6 is 11.6 Å². The first-order valence-electron chi connectivity index (χ1n) is 9.30. The molecule has 150 valence electrons. The van der Waals surface area contributed by atoms with Crippen molar-refractivity contribution in [3.63, 3.8) is 0 Å². The topological polar surface area (TPSA) is 69.0 Å². The smallest absolute Gasteiger partial charge is 0.336 e. The highest BCUT2D eigenvalue weighted by Gasteiger charge is 2.23. The largest absolute Gasteiger partial charge is 0.497 e. The molecular weight excluding hydrogens is 394 g/mol. The first-order chi connectivity index (χ1) is 14.0. The average molecular weight is 414 g/mol. The summed E-state index contributed by atoms with van der Waals surface area (Å²) >= 11 is 6.32. The molecule has 2 heterocycles. The highest BCUT2D eigenvalue weighted by atomic mass is 35.5. The van der Waals surface area contributed by atoms with E-state index in [0.29, 0.717) is 22.9 Å². The van der Waals surface area contributed by atoms with Gasteiger partial charge in [-0.15, -0.1) is 0 Å². The minimum absolute atomic E-state index is 0.169. The van der Waals surface area contributed by atoms with E-state index < -0.39 is 5.63 Å². The lowest BCUT2D eigenvalue weighted by molar-refractivity contribution is -0.120. The third-order valence-electron chi connectivity index (χ3n) is 5.06. The number of hydrogen-bond donors (Lipinski definition) is 0. The van der Waals surface area contributed by atoms with Gasteiger partial charge >= 0.3 is 5.63 Å². The number of anilines is 1. The maximum absolute atomic E-state index is 12.8. The molecule has 1 aliphatic heterocycles. The number of benzene rings is 2. The number of ether oxygens (including phenoxy) is 2. The molecule has 3 aromatic rings. The monoisotopic (exact) mass is 413 g/mol. The van der Waals surface area contributed by atoms with Crippen LogP contribution in [0.4, 0.5) is 5.69 Å². The third-order valence-corrected chi connectivity index (χ3v) is 5.36. The van der Waals surface area contributed by atoms with Crippen LogP contribution < -0.4 is 20.0 Å². The number of halogens is 1. The zero-order valence-corrected chi connectivity index (χ0v) is 16.9. The van der Waals surface area contributed by atoms with Crippen LogP contribution in [-0.4, -0.2) is 26.2 Å². The predicted molar refractivity (Wildman–Crippen MR) is 111 cm³/mol. The summed E-state index contributed by atoms with van der Waals surface area (Å²) in [6.45, 7) is 2.26. The number of fused-ring (bicyclic) bond motifs is 2. The van der Waals surface area contributed by atoms with Crippen molar-refractivity contribution in [2.75, 3.05) is 25.2 Å². The van der Waals surface area contributed by atoms with Crippen molar-refractivity contribution in [3.05, 3.63) is 63.0 Å². The van der Waals surface area contributed by atoms with Crippen molar-refractivity contribution in [2.24, 2.45) is 0 Å². The maximum atomic E-state index is 12.8. The van der Waals surface area contributed by atoms with Gasteiger partial charge in [0, 0.05) is 29.8 Å². The average Bonchev–Trinajstić information content (AvgIpc) is 2.71. The molecule has 2 aromatic carbocycles. The van der Waals surface area contributed by atoms with Crippen LogP contribution in [0.5, 0.6) is 11.5 Å². The van der Waals surface area contributed by atoms with E-state index in [9.17, 15) is 9.59 Å².